The summed E-state index contributed by atoms with van der Waals surface area (Å²) >= 11 is 11.9. The predicted molar refractivity (Wildman–Crippen MR) is 127 cm³/mol. The van der Waals surface area contributed by atoms with Gasteiger partial charge in [0, 0.05) is 5.02 Å². The predicted octanol–water partition coefficient (Wildman–Crippen LogP) is 5.14. The number of ether oxygens (including phenoxy) is 3. The molecular formula is C24H20Cl2N2O5. The maximum atomic E-state index is 12.5. The van der Waals surface area contributed by atoms with E-state index in [9.17, 15) is 9.59 Å². The summed E-state index contributed by atoms with van der Waals surface area (Å²) in [5, 5.41) is 4.71. The van der Waals surface area contributed by atoms with E-state index in [2.05, 4.69) is 10.5 Å². The van der Waals surface area contributed by atoms with Gasteiger partial charge in [-0.3, -0.25) is 4.79 Å². The van der Waals surface area contributed by atoms with Crippen LogP contribution in [0.3, 0.4) is 0 Å². The highest BCUT2D eigenvalue weighted by molar-refractivity contribution is 6.33. The normalized spacial score (nSPS) is 10.6. The van der Waals surface area contributed by atoms with Crippen LogP contribution in [-0.4, -0.2) is 31.3 Å². The van der Waals surface area contributed by atoms with Crippen LogP contribution in [0.4, 0.5) is 0 Å². The molecule has 0 fully saturated rings. The Morgan fingerprint density at radius 3 is 2.55 bits per heavy atom. The Labute approximate surface area is 200 Å². The first-order valence-corrected chi connectivity index (χ1v) is 10.7. The molecule has 3 aromatic rings. The van der Waals surface area contributed by atoms with Gasteiger partial charge in [-0.05, 0) is 61.0 Å². The van der Waals surface area contributed by atoms with Crippen LogP contribution in [0.25, 0.3) is 0 Å². The first-order valence-electron chi connectivity index (χ1n) is 9.90. The molecule has 0 saturated heterocycles. The summed E-state index contributed by atoms with van der Waals surface area (Å²) in [7, 11) is 0. The lowest BCUT2D eigenvalue weighted by Gasteiger charge is -2.12. The SMILES string of the molecule is CCOc1cc(/C=N/NC(=O)COc2cccc(Cl)c2)ccc1OC(=O)c1ccccc1Cl. The molecule has 0 radical (unpaired) electrons. The van der Waals surface area contributed by atoms with Gasteiger partial charge in [0.05, 0.1) is 23.4 Å². The Kier molecular flexibility index (Phi) is 8.69. The molecule has 7 nitrogen and oxygen atoms in total. The lowest BCUT2D eigenvalue weighted by Crippen LogP contribution is -2.24. The zero-order valence-electron chi connectivity index (χ0n) is 17.6. The van der Waals surface area contributed by atoms with E-state index in [4.69, 9.17) is 37.4 Å². The van der Waals surface area contributed by atoms with Crippen molar-refractivity contribution in [2.45, 2.75) is 6.92 Å². The van der Waals surface area contributed by atoms with Crippen LogP contribution in [0.1, 0.15) is 22.8 Å². The third-order valence-electron chi connectivity index (χ3n) is 4.13. The number of nitrogens with one attached hydrogen (secondary N) is 1. The summed E-state index contributed by atoms with van der Waals surface area (Å²) < 4.78 is 16.4. The van der Waals surface area contributed by atoms with Gasteiger partial charge in [-0.2, -0.15) is 5.10 Å². The van der Waals surface area contributed by atoms with Gasteiger partial charge in [-0.15, -0.1) is 0 Å². The summed E-state index contributed by atoms with van der Waals surface area (Å²) in [5.74, 6) is 0.0109. The Morgan fingerprint density at radius 2 is 1.79 bits per heavy atom. The molecule has 0 spiro atoms. The molecule has 0 aliphatic rings. The molecule has 33 heavy (non-hydrogen) atoms. The number of hydrogen-bond acceptors (Lipinski definition) is 6. The Hall–Kier alpha value is -3.55. The summed E-state index contributed by atoms with van der Waals surface area (Å²) in [6.07, 6.45) is 1.43. The zero-order valence-corrected chi connectivity index (χ0v) is 19.1. The van der Waals surface area contributed by atoms with Crippen LogP contribution in [-0.2, 0) is 4.79 Å². The summed E-state index contributed by atoms with van der Waals surface area (Å²) in [6, 6.07) is 18.2. The molecule has 0 saturated carbocycles. The van der Waals surface area contributed by atoms with Crippen molar-refractivity contribution >= 4 is 41.3 Å². The van der Waals surface area contributed by atoms with E-state index in [1.807, 2.05) is 0 Å². The van der Waals surface area contributed by atoms with Crippen LogP contribution in [0.2, 0.25) is 10.0 Å². The quantitative estimate of drug-likeness (QED) is 0.196. The van der Waals surface area contributed by atoms with Gasteiger partial charge in [-0.1, -0.05) is 41.4 Å². The minimum Gasteiger partial charge on any atom is -0.490 e. The van der Waals surface area contributed by atoms with Crippen molar-refractivity contribution in [2.75, 3.05) is 13.2 Å². The molecule has 0 unspecified atom stereocenters. The number of nitrogens with zero attached hydrogens (tertiary/aromatic N) is 1. The van der Waals surface area contributed by atoms with Gasteiger partial charge in [0.25, 0.3) is 5.91 Å². The van der Waals surface area contributed by atoms with Crippen LogP contribution >= 0.6 is 23.2 Å². The molecule has 1 amide bonds. The Morgan fingerprint density at radius 1 is 0.970 bits per heavy atom. The van der Waals surface area contributed by atoms with Crippen LogP contribution in [0, 0.1) is 0 Å². The van der Waals surface area contributed by atoms with Gasteiger partial charge in [0.15, 0.2) is 18.1 Å². The first-order chi connectivity index (χ1) is 16.0. The molecule has 170 valence electrons. The van der Waals surface area contributed by atoms with Crippen molar-refractivity contribution in [3.05, 3.63) is 87.9 Å². The molecule has 3 rings (SSSR count). The first kappa shape index (κ1) is 24.1. The number of amides is 1. The second kappa shape index (κ2) is 11.9. The van der Waals surface area contributed by atoms with Crippen molar-refractivity contribution in [3.8, 4) is 17.2 Å². The molecule has 9 heteroatoms. The fraction of sp³-hybridized carbons (Fsp3) is 0.125. The lowest BCUT2D eigenvalue weighted by molar-refractivity contribution is -0.123. The molecule has 0 heterocycles. The van der Waals surface area contributed by atoms with Crippen LogP contribution < -0.4 is 19.6 Å². The number of benzene rings is 3. The van der Waals surface area contributed by atoms with Gasteiger partial charge in [0.2, 0.25) is 0 Å². The summed E-state index contributed by atoms with van der Waals surface area (Å²) in [4.78, 5) is 24.4. The highest BCUT2D eigenvalue weighted by atomic mass is 35.5. The van der Waals surface area contributed by atoms with Crippen LogP contribution in [0.5, 0.6) is 17.2 Å². The second-order valence-corrected chi connectivity index (χ2v) is 7.39. The second-order valence-electron chi connectivity index (χ2n) is 6.55. The number of hydrogen-bond donors (Lipinski definition) is 1. The van der Waals surface area contributed by atoms with Crippen molar-refractivity contribution in [1.29, 1.82) is 0 Å². The van der Waals surface area contributed by atoms with E-state index in [1.54, 1.807) is 73.7 Å². The monoisotopic (exact) mass is 486 g/mol. The number of rotatable bonds is 9. The van der Waals surface area contributed by atoms with Gasteiger partial charge in [0.1, 0.15) is 5.75 Å². The van der Waals surface area contributed by atoms with E-state index in [0.29, 0.717) is 33.7 Å². The van der Waals surface area contributed by atoms with E-state index in [1.165, 1.54) is 6.21 Å². The number of halogens is 2. The van der Waals surface area contributed by atoms with E-state index in [0.717, 1.165) is 0 Å². The molecular weight excluding hydrogens is 467 g/mol. The average molecular weight is 487 g/mol. The topological polar surface area (TPSA) is 86.2 Å². The van der Waals surface area contributed by atoms with Crippen molar-refractivity contribution in [2.24, 2.45) is 5.10 Å². The van der Waals surface area contributed by atoms with Crippen molar-refractivity contribution < 1.29 is 23.8 Å². The number of esters is 1. The average Bonchev–Trinajstić information content (AvgIpc) is 2.80. The maximum Gasteiger partial charge on any atom is 0.345 e. The molecule has 0 aliphatic carbocycles. The summed E-state index contributed by atoms with van der Waals surface area (Å²) in [6.45, 7) is 1.94. The minimum atomic E-state index is -0.602. The van der Waals surface area contributed by atoms with Crippen molar-refractivity contribution in [1.82, 2.24) is 5.43 Å². The summed E-state index contributed by atoms with van der Waals surface area (Å²) in [5.41, 5.74) is 3.24. The maximum absolute atomic E-state index is 12.5. The molecule has 0 bridgehead atoms. The number of carbonyl (C=O) groups excluding carboxylic acids is 2. The molecule has 0 aromatic heterocycles. The van der Waals surface area contributed by atoms with Crippen LogP contribution in [0.15, 0.2) is 71.8 Å². The lowest BCUT2D eigenvalue weighted by atomic mass is 10.2. The van der Waals surface area contributed by atoms with E-state index < -0.39 is 11.9 Å². The Bertz CT molecular complexity index is 1170. The fourth-order valence-electron chi connectivity index (χ4n) is 2.66. The minimum absolute atomic E-state index is 0.223. The molecule has 3 aromatic carbocycles. The number of carbonyl (C=O) groups is 2. The van der Waals surface area contributed by atoms with Gasteiger partial charge in [-0.25, -0.2) is 10.2 Å². The highest BCUT2D eigenvalue weighted by Gasteiger charge is 2.15. The smallest absolute Gasteiger partial charge is 0.345 e. The molecule has 0 atom stereocenters. The molecule has 1 N–H and O–H groups in total. The zero-order chi connectivity index (χ0) is 23.6. The van der Waals surface area contributed by atoms with E-state index in [-0.39, 0.29) is 17.9 Å². The Balaban J connectivity index is 1.61. The standard InChI is InChI=1S/C24H20Cl2N2O5/c1-2-31-22-12-16(10-11-21(22)33-24(30)19-8-3-4-9-20(19)26)14-27-28-23(29)15-32-18-7-5-6-17(25)13-18/h3-14H,2,15H2,1H3,(H,28,29)/b27-14+. The van der Waals surface area contributed by atoms with Gasteiger partial charge >= 0.3 is 5.97 Å². The van der Waals surface area contributed by atoms with Crippen molar-refractivity contribution in [3.63, 3.8) is 0 Å². The van der Waals surface area contributed by atoms with Gasteiger partial charge < -0.3 is 14.2 Å². The third-order valence-corrected chi connectivity index (χ3v) is 4.70. The number of hydrazone groups is 1. The largest absolute Gasteiger partial charge is 0.490 e. The third kappa shape index (κ3) is 7.24. The highest BCUT2D eigenvalue weighted by Crippen LogP contribution is 2.29. The molecule has 0 aliphatic heterocycles. The van der Waals surface area contributed by atoms with E-state index >= 15 is 0 Å². The fourth-order valence-corrected chi connectivity index (χ4v) is 3.05.